The van der Waals surface area contributed by atoms with Gasteiger partial charge in [-0.2, -0.15) is 4.99 Å². The summed E-state index contributed by atoms with van der Waals surface area (Å²) in [4.78, 5) is 17.5. The number of amides is 1. The van der Waals surface area contributed by atoms with Crippen LogP contribution in [0.5, 0.6) is 5.75 Å². The first kappa shape index (κ1) is 18.0. The van der Waals surface area contributed by atoms with Crippen LogP contribution in [-0.4, -0.2) is 17.6 Å². The molecule has 0 spiro atoms. The third kappa shape index (κ3) is 3.32. The number of carbonyl (C=O) groups is 1. The van der Waals surface area contributed by atoms with E-state index in [-0.39, 0.29) is 5.56 Å². The Kier molecular flexibility index (Phi) is 5.18. The van der Waals surface area contributed by atoms with Gasteiger partial charge in [0.25, 0.3) is 5.91 Å². The fourth-order valence-corrected chi connectivity index (χ4v) is 4.18. The lowest BCUT2D eigenvalue weighted by Crippen LogP contribution is -2.16. The fourth-order valence-electron chi connectivity index (χ4n) is 2.63. The monoisotopic (exact) mass is 394 g/mol. The Hall–Kier alpha value is -1.82. The highest BCUT2D eigenvalue weighted by molar-refractivity contribution is 7.16. The molecule has 0 atom stereocenters. The standard InChI is InChI=1S/C18H16Cl2N2O2S/c1-4-22-15-14(24-3)8-5-10(2)16(15)25-18(22)21-17(23)12-9-11(19)6-7-13(12)20/h5-9H,4H2,1-3H3. The van der Waals surface area contributed by atoms with E-state index in [4.69, 9.17) is 27.9 Å². The molecule has 0 aliphatic carbocycles. The highest BCUT2D eigenvalue weighted by atomic mass is 35.5. The maximum absolute atomic E-state index is 12.6. The average molecular weight is 395 g/mol. The minimum absolute atomic E-state index is 0.290. The number of aryl methyl sites for hydroxylation is 2. The van der Waals surface area contributed by atoms with Gasteiger partial charge in [-0.25, -0.2) is 0 Å². The number of aromatic nitrogens is 1. The van der Waals surface area contributed by atoms with Crippen LogP contribution in [0.3, 0.4) is 0 Å². The summed E-state index contributed by atoms with van der Waals surface area (Å²) in [5.74, 6) is 0.339. The lowest BCUT2D eigenvalue weighted by molar-refractivity contribution is 0.0998. The van der Waals surface area contributed by atoms with Crippen molar-refractivity contribution in [2.24, 2.45) is 4.99 Å². The van der Waals surface area contributed by atoms with Gasteiger partial charge in [-0.05, 0) is 43.7 Å². The SMILES string of the molecule is CCn1c(=NC(=O)c2cc(Cl)ccc2Cl)sc2c(C)ccc(OC)c21. The molecule has 0 bridgehead atoms. The quantitative estimate of drug-likeness (QED) is 0.620. The molecule has 2 aromatic carbocycles. The normalized spacial score (nSPS) is 12.0. The molecule has 3 aromatic rings. The zero-order valence-electron chi connectivity index (χ0n) is 14.0. The Morgan fingerprint density at radius 1 is 1.28 bits per heavy atom. The topological polar surface area (TPSA) is 43.6 Å². The molecule has 0 saturated carbocycles. The summed E-state index contributed by atoms with van der Waals surface area (Å²) in [5, 5.41) is 0.774. The van der Waals surface area contributed by atoms with E-state index in [0.717, 1.165) is 21.5 Å². The molecule has 0 aliphatic rings. The lowest BCUT2D eigenvalue weighted by atomic mass is 10.2. The molecule has 0 unspecified atom stereocenters. The van der Waals surface area contributed by atoms with Crippen LogP contribution < -0.4 is 9.54 Å². The Morgan fingerprint density at radius 3 is 2.72 bits per heavy atom. The molecule has 7 heteroatoms. The van der Waals surface area contributed by atoms with Crippen LogP contribution in [0.15, 0.2) is 35.3 Å². The zero-order chi connectivity index (χ0) is 18.1. The number of nitrogens with zero attached hydrogens (tertiary/aromatic N) is 2. The van der Waals surface area contributed by atoms with Gasteiger partial charge in [0.1, 0.15) is 11.3 Å². The maximum atomic E-state index is 12.6. The molecule has 0 N–H and O–H groups in total. The van der Waals surface area contributed by atoms with Crippen molar-refractivity contribution in [3.63, 3.8) is 0 Å². The number of hydrogen-bond donors (Lipinski definition) is 0. The molecule has 0 saturated heterocycles. The third-order valence-electron chi connectivity index (χ3n) is 3.88. The first-order valence-corrected chi connectivity index (χ1v) is 9.24. The van der Waals surface area contributed by atoms with Crippen molar-refractivity contribution >= 4 is 50.7 Å². The summed E-state index contributed by atoms with van der Waals surface area (Å²) < 4.78 is 8.50. The number of methoxy groups -OCH3 is 1. The number of ether oxygens (including phenoxy) is 1. The molecule has 0 aliphatic heterocycles. The summed E-state index contributed by atoms with van der Waals surface area (Å²) in [5.41, 5.74) is 2.34. The number of halogens is 2. The van der Waals surface area contributed by atoms with Gasteiger partial charge in [0.15, 0.2) is 4.80 Å². The van der Waals surface area contributed by atoms with Gasteiger partial charge < -0.3 is 9.30 Å². The van der Waals surface area contributed by atoms with E-state index in [2.05, 4.69) is 4.99 Å². The molecule has 25 heavy (non-hydrogen) atoms. The maximum Gasteiger partial charge on any atom is 0.281 e. The highest BCUT2D eigenvalue weighted by Crippen LogP contribution is 2.30. The van der Waals surface area contributed by atoms with E-state index in [0.29, 0.717) is 21.4 Å². The molecule has 1 heterocycles. The van der Waals surface area contributed by atoms with Gasteiger partial charge >= 0.3 is 0 Å². The second-order valence-corrected chi connectivity index (χ2v) is 7.25. The summed E-state index contributed by atoms with van der Waals surface area (Å²) in [7, 11) is 1.63. The third-order valence-corrected chi connectivity index (χ3v) is 5.66. The van der Waals surface area contributed by atoms with Crippen LogP contribution in [0.4, 0.5) is 0 Å². The Bertz CT molecular complexity index is 1040. The smallest absolute Gasteiger partial charge is 0.281 e. The van der Waals surface area contributed by atoms with Gasteiger partial charge in [-0.1, -0.05) is 40.6 Å². The van der Waals surface area contributed by atoms with Gasteiger partial charge in [-0.15, -0.1) is 0 Å². The van der Waals surface area contributed by atoms with Crippen molar-refractivity contribution in [3.05, 3.63) is 56.3 Å². The van der Waals surface area contributed by atoms with Crippen LogP contribution in [-0.2, 0) is 6.54 Å². The van der Waals surface area contributed by atoms with Crippen molar-refractivity contribution in [1.82, 2.24) is 4.57 Å². The van der Waals surface area contributed by atoms with Gasteiger partial charge in [-0.3, -0.25) is 4.79 Å². The first-order chi connectivity index (χ1) is 12.0. The van der Waals surface area contributed by atoms with E-state index in [1.807, 2.05) is 30.5 Å². The zero-order valence-corrected chi connectivity index (χ0v) is 16.3. The Morgan fingerprint density at radius 2 is 2.04 bits per heavy atom. The second-order valence-electron chi connectivity index (χ2n) is 5.43. The summed E-state index contributed by atoms with van der Waals surface area (Å²) in [6.45, 7) is 4.69. The number of thiazole rings is 1. The molecule has 0 radical (unpaired) electrons. The van der Waals surface area contributed by atoms with E-state index >= 15 is 0 Å². The van der Waals surface area contributed by atoms with Crippen LogP contribution >= 0.6 is 34.5 Å². The molecular formula is C18H16Cl2N2O2S. The molecule has 4 nitrogen and oxygen atoms in total. The lowest BCUT2D eigenvalue weighted by Gasteiger charge is -2.07. The predicted octanol–water partition coefficient (Wildman–Crippen LogP) is 5.09. The van der Waals surface area contributed by atoms with Crippen molar-refractivity contribution in [2.75, 3.05) is 7.11 Å². The average Bonchev–Trinajstić information content (AvgIpc) is 2.96. The molecule has 0 fully saturated rings. The highest BCUT2D eigenvalue weighted by Gasteiger charge is 2.15. The summed E-state index contributed by atoms with van der Waals surface area (Å²) in [6.07, 6.45) is 0. The summed E-state index contributed by atoms with van der Waals surface area (Å²) in [6, 6.07) is 8.69. The van der Waals surface area contributed by atoms with E-state index < -0.39 is 5.91 Å². The van der Waals surface area contributed by atoms with E-state index in [9.17, 15) is 4.79 Å². The summed E-state index contributed by atoms with van der Waals surface area (Å²) >= 11 is 13.6. The number of fused-ring (bicyclic) bond motifs is 1. The van der Waals surface area contributed by atoms with Gasteiger partial charge in [0.05, 0.1) is 22.4 Å². The molecule has 130 valence electrons. The minimum atomic E-state index is -0.419. The first-order valence-electron chi connectivity index (χ1n) is 7.67. The van der Waals surface area contributed by atoms with Gasteiger partial charge in [0, 0.05) is 11.6 Å². The fraction of sp³-hybridized carbons (Fsp3) is 0.222. The van der Waals surface area contributed by atoms with Crippen LogP contribution in [0.1, 0.15) is 22.8 Å². The van der Waals surface area contributed by atoms with Crippen molar-refractivity contribution in [2.45, 2.75) is 20.4 Å². The van der Waals surface area contributed by atoms with Crippen LogP contribution in [0.25, 0.3) is 10.2 Å². The molecule has 3 rings (SSSR count). The van der Waals surface area contributed by atoms with E-state index in [1.165, 1.54) is 17.4 Å². The largest absolute Gasteiger partial charge is 0.495 e. The number of rotatable bonds is 3. The molecule has 1 amide bonds. The molecule has 1 aromatic heterocycles. The second kappa shape index (κ2) is 7.20. The minimum Gasteiger partial charge on any atom is -0.495 e. The van der Waals surface area contributed by atoms with E-state index in [1.54, 1.807) is 19.2 Å². The predicted molar refractivity (Wildman–Crippen MR) is 103 cm³/mol. The Labute approximate surface area is 159 Å². The van der Waals surface area contributed by atoms with Gasteiger partial charge in [0.2, 0.25) is 0 Å². The number of benzene rings is 2. The molecular weight excluding hydrogens is 379 g/mol. The number of hydrogen-bond acceptors (Lipinski definition) is 3. The van der Waals surface area contributed by atoms with Crippen molar-refractivity contribution in [1.29, 1.82) is 0 Å². The van der Waals surface area contributed by atoms with Crippen molar-refractivity contribution in [3.8, 4) is 5.75 Å². The number of carbonyl (C=O) groups excluding carboxylic acids is 1. The Balaban J connectivity index is 2.24. The van der Waals surface area contributed by atoms with Crippen LogP contribution in [0.2, 0.25) is 10.0 Å². The van der Waals surface area contributed by atoms with Crippen molar-refractivity contribution < 1.29 is 9.53 Å². The van der Waals surface area contributed by atoms with Crippen LogP contribution in [0, 0.1) is 6.92 Å².